The van der Waals surface area contributed by atoms with Gasteiger partial charge in [-0.3, -0.25) is 4.90 Å². The molecule has 170 valence electrons. The summed E-state index contributed by atoms with van der Waals surface area (Å²) in [4.78, 5) is 14.8. The van der Waals surface area contributed by atoms with E-state index in [2.05, 4.69) is 6.07 Å². The number of hydrogen-bond donors (Lipinski definition) is 0. The summed E-state index contributed by atoms with van der Waals surface area (Å²) in [5, 5.41) is 0. The molecule has 0 fully saturated rings. The third kappa shape index (κ3) is 5.82. The van der Waals surface area contributed by atoms with Crippen LogP contribution in [0.3, 0.4) is 0 Å². The monoisotopic (exact) mass is 443 g/mol. The normalized spacial score (nSPS) is 15.3. The van der Waals surface area contributed by atoms with Gasteiger partial charge in [-0.15, -0.1) is 0 Å². The van der Waals surface area contributed by atoms with Crippen molar-refractivity contribution in [2.45, 2.75) is 25.7 Å². The lowest BCUT2D eigenvalue weighted by molar-refractivity contribution is 0.0841. The lowest BCUT2D eigenvalue weighted by atomic mass is 9.91. The third-order valence-corrected chi connectivity index (χ3v) is 5.71. The molecule has 4 rings (SSSR count). The van der Waals surface area contributed by atoms with E-state index in [1.807, 2.05) is 84.9 Å². The highest BCUT2D eigenvalue weighted by molar-refractivity contribution is 5.70. The summed E-state index contributed by atoms with van der Waals surface area (Å²) in [6.45, 7) is 1.81. The Morgan fingerprint density at radius 3 is 2.33 bits per heavy atom. The lowest BCUT2D eigenvalue weighted by Crippen LogP contribution is -2.39. The minimum absolute atomic E-state index is 0.242. The second-order valence-corrected chi connectivity index (χ2v) is 7.89. The molecule has 0 saturated carbocycles. The fourth-order valence-electron chi connectivity index (χ4n) is 4.07. The topological polar surface area (TPSA) is 48.0 Å². The minimum atomic E-state index is -0.338. The zero-order valence-corrected chi connectivity index (χ0v) is 18.9. The Balaban J connectivity index is 1.48. The SMILES string of the molecule is COc1cccc2c1[C@@H](/C=C/COCc1ccccc1)N(C(=O)OCc1ccccc1)CC2. The molecule has 0 aliphatic carbocycles. The Labute approximate surface area is 195 Å². The van der Waals surface area contributed by atoms with Crippen LogP contribution in [0.1, 0.15) is 28.3 Å². The van der Waals surface area contributed by atoms with Crippen molar-refractivity contribution in [1.82, 2.24) is 4.90 Å². The summed E-state index contributed by atoms with van der Waals surface area (Å²) in [5.41, 5.74) is 4.27. The van der Waals surface area contributed by atoms with Crippen molar-refractivity contribution < 1.29 is 19.0 Å². The maximum absolute atomic E-state index is 13.1. The first kappa shape index (κ1) is 22.6. The van der Waals surface area contributed by atoms with Gasteiger partial charge in [0.15, 0.2) is 0 Å². The molecule has 0 bridgehead atoms. The van der Waals surface area contributed by atoms with E-state index >= 15 is 0 Å². The number of ether oxygens (including phenoxy) is 3. The van der Waals surface area contributed by atoms with Crippen LogP contribution in [0.4, 0.5) is 4.79 Å². The highest BCUT2D eigenvalue weighted by Crippen LogP contribution is 2.37. The van der Waals surface area contributed by atoms with Crippen molar-refractivity contribution in [1.29, 1.82) is 0 Å². The Hall–Kier alpha value is -3.57. The first-order valence-corrected chi connectivity index (χ1v) is 11.2. The second-order valence-electron chi connectivity index (χ2n) is 7.89. The smallest absolute Gasteiger partial charge is 0.410 e. The van der Waals surface area contributed by atoms with Gasteiger partial charge >= 0.3 is 6.09 Å². The molecule has 0 radical (unpaired) electrons. The van der Waals surface area contributed by atoms with Crippen LogP contribution < -0.4 is 4.74 Å². The zero-order valence-electron chi connectivity index (χ0n) is 18.9. The molecule has 5 nitrogen and oxygen atoms in total. The van der Waals surface area contributed by atoms with Crippen molar-refractivity contribution in [3.63, 3.8) is 0 Å². The lowest BCUT2D eigenvalue weighted by Gasteiger charge is -2.35. The van der Waals surface area contributed by atoms with Crippen LogP contribution >= 0.6 is 0 Å². The van der Waals surface area contributed by atoms with Crippen LogP contribution in [-0.2, 0) is 29.1 Å². The van der Waals surface area contributed by atoms with E-state index in [1.165, 1.54) is 5.56 Å². The number of nitrogens with zero attached hydrogens (tertiary/aromatic N) is 1. The summed E-state index contributed by atoms with van der Waals surface area (Å²) in [5.74, 6) is 0.771. The van der Waals surface area contributed by atoms with Gasteiger partial charge in [-0.2, -0.15) is 0 Å². The standard InChI is InChI=1S/C28H29NO4/c1-31-26-16-8-14-24-17-18-29(28(30)33-21-23-12-6-3-7-13-23)25(27(24)26)15-9-19-32-20-22-10-4-2-5-11-22/h2-16,25H,17-21H2,1H3/b15-9+/t25-/m1/s1. The van der Waals surface area contributed by atoms with Gasteiger partial charge in [0.2, 0.25) is 0 Å². The van der Waals surface area contributed by atoms with Crippen molar-refractivity contribution in [3.8, 4) is 5.75 Å². The van der Waals surface area contributed by atoms with Gasteiger partial charge in [0.05, 0.1) is 26.4 Å². The van der Waals surface area contributed by atoms with E-state index in [-0.39, 0.29) is 18.7 Å². The van der Waals surface area contributed by atoms with Crippen LogP contribution in [0.25, 0.3) is 0 Å². The second kappa shape index (κ2) is 11.3. The molecule has 0 saturated heterocycles. The molecular formula is C28H29NO4. The maximum atomic E-state index is 13.1. The fraction of sp³-hybridized carbons (Fsp3) is 0.250. The highest BCUT2D eigenvalue weighted by atomic mass is 16.6. The summed E-state index contributed by atoms with van der Waals surface area (Å²) in [7, 11) is 1.66. The van der Waals surface area contributed by atoms with Crippen molar-refractivity contribution in [3.05, 3.63) is 113 Å². The Morgan fingerprint density at radius 2 is 1.64 bits per heavy atom. The predicted octanol–water partition coefficient (Wildman–Crippen LogP) is 5.70. The molecule has 1 amide bonds. The van der Waals surface area contributed by atoms with Crippen molar-refractivity contribution in [2.24, 2.45) is 0 Å². The van der Waals surface area contributed by atoms with Crippen LogP contribution in [0.15, 0.2) is 91.0 Å². The van der Waals surface area contributed by atoms with Crippen LogP contribution in [0.5, 0.6) is 5.75 Å². The van der Waals surface area contributed by atoms with E-state index in [0.29, 0.717) is 19.8 Å². The molecule has 1 aliphatic heterocycles. The first-order chi connectivity index (χ1) is 16.3. The minimum Gasteiger partial charge on any atom is -0.496 e. The number of carbonyl (C=O) groups is 1. The average molecular weight is 444 g/mol. The molecule has 33 heavy (non-hydrogen) atoms. The molecule has 3 aromatic carbocycles. The molecule has 0 spiro atoms. The first-order valence-electron chi connectivity index (χ1n) is 11.2. The summed E-state index contributed by atoms with van der Waals surface area (Å²) in [6, 6.07) is 25.5. The van der Waals surface area contributed by atoms with Crippen molar-refractivity contribution >= 4 is 6.09 Å². The molecule has 1 heterocycles. The highest BCUT2D eigenvalue weighted by Gasteiger charge is 2.32. The number of hydrogen-bond acceptors (Lipinski definition) is 4. The molecule has 1 atom stereocenters. The van der Waals surface area contributed by atoms with Gasteiger partial charge in [-0.25, -0.2) is 4.79 Å². The Morgan fingerprint density at radius 1 is 0.939 bits per heavy atom. The molecule has 5 heteroatoms. The molecular weight excluding hydrogens is 414 g/mol. The van der Waals surface area contributed by atoms with E-state index in [9.17, 15) is 4.79 Å². The van der Waals surface area contributed by atoms with E-state index in [0.717, 1.165) is 28.9 Å². The number of carbonyl (C=O) groups excluding carboxylic acids is 1. The van der Waals surface area contributed by atoms with Crippen LogP contribution in [0, 0.1) is 0 Å². The Bertz CT molecular complexity index is 1050. The van der Waals surface area contributed by atoms with Gasteiger partial charge in [0, 0.05) is 12.1 Å². The van der Waals surface area contributed by atoms with E-state index in [1.54, 1.807) is 12.0 Å². The van der Waals surface area contributed by atoms with Crippen molar-refractivity contribution in [2.75, 3.05) is 20.3 Å². The van der Waals surface area contributed by atoms with Gasteiger partial charge in [-0.1, -0.05) is 84.9 Å². The summed E-state index contributed by atoms with van der Waals surface area (Å²) < 4.78 is 17.1. The largest absolute Gasteiger partial charge is 0.496 e. The van der Waals surface area contributed by atoms with E-state index in [4.69, 9.17) is 14.2 Å². The molecule has 3 aromatic rings. The van der Waals surface area contributed by atoms with Gasteiger partial charge in [0.1, 0.15) is 12.4 Å². The van der Waals surface area contributed by atoms with Crippen LogP contribution in [0.2, 0.25) is 0 Å². The van der Waals surface area contributed by atoms with Gasteiger partial charge in [0.25, 0.3) is 0 Å². The Kier molecular flexibility index (Phi) is 7.77. The van der Waals surface area contributed by atoms with Gasteiger partial charge < -0.3 is 14.2 Å². The predicted molar refractivity (Wildman–Crippen MR) is 128 cm³/mol. The summed E-state index contributed by atoms with van der Waals surface area (Å²) >= 11 is 0. The number of rotatable bonds is 8. The molecule has 0 aromatic heterocycles. The third-order valence-electron chi connectivity index (χ3n) is 5.71. The fourth-order valence-corrected chi connectivity index (χ4v) is 4.07. The molecule has 0 N–H and O–H groups in total. The number of amides is 1. The summed E-state index contributed by atoms with van der Waals surface area (Å²) in [6.07, 6.45) is 4.39. The average Bonchev–Trinajstić information content (AvgIpc) is 2.87. The number of fused-ring (bicyclic) bond motifs is 1. The molecule has 0 unspecified atom stereocenters. The number of benzene rings is 3. The van der Waals surface area contributed by atoms with E-state index < -0.39 is 0 Å². The maximum Gasteiger partial charge on any atom is 0.410 e. The number of methoxy groups -OCH3 is 1. The zero-order chi connectivity index (χ0) is 22.9. The van der Waals surface area contributed by atoms with Crippen LogP contribution in [-0.4, -0.2) is 31.3 Å². The quantitative estimate of drug-likeness (QED) is 0.331. The van der Waals surface area contributed by atoms with Gasteiger partial charge in [-0.05, 0) is 29.2 Å². The molecule has 1 aliphatic rings.